The van der Waals surface area contributed by atoms with Crippen molar-refractivity contribution in [1.29, 1.82) is 0 Å². The van der Waals surface area contributed by atoms with Crippen LogP contribution in [0.2, 0.25) is 0 Å². The summed E-state index contributed by atoms with van der Waals surface area (Å²) in [7, 11) is 0. The highest BCUT2D eigenvalue weighted by Gasteiger charge is 2.14. The van der Waals surface area contributed by atoms with E-state index < -0.39 is 0 Å². The molecule has 0 aliphatic heterocycles. The van der Waals surface area contributed by atoms with Gasteiger partial charge in [0.25, 0.3) is 0 Å². The van der Waals surface area contributed by atoms with Gasteiger partial charge in [-0.05, 0) is 37.6 Å². The zero-order valence-electron chi connectivity index (χ0n) is 12.6. The summed E-state index contributed by atoms with van der Waals surface area (Å²) in [5, 5.41) is 6.25. The van der Waals surface area contributed by atoms with Crippen LogP contribution in [0, 0.1) is 0 Å². The fraction of sp³-hybridized carbons (Fsp3) is 0.167. The van der Waals surface area contributed by atoms with Gasteiger partial charge in [0, 0.05) is 27.8 Å². The van der Waals surface area contributed by atoms with Crippen LogP contribution in [-0.4, -0.2) is 9.72 Å². The molecule has 2 aromatic heterocycles. The van der Waals surface area contributed by atoms with Gasteiger partial charge in [0.15, 0.2) is 0 Å². The van der Waals surface area contributed by atoms with Gasteiger partial charge in [0.05, 0.1) is 11.8 Å². The zero-order valence-corrected chi connectivity index (χ0v) is 12.6. The Morgan fingerprint density at radius 1 is 1.05 bits per heavy atom. The normalized spacial score (nSPS) is 11.8. The summed E-state index contributed by atoms with van der Waals surface area (Å²) < 4.78 is 7.35. The van der Waals surface area contributed by atoms with Crippen molar-refractivity contribution in [2.24, 2.45) is 0 Å². The lowest BCUT2D eigenvalue weighted by Gasteiger charge is -2.11. The van der Waals surface area contributed by atoms with E-state index >= 15 is 0 Å². The molecule has 0 saturated carbocycles. The van der Waals surface area contributed by atoms with Crippen LogP contribution in [-0.2, 0) is 0 Å². The molecule has 0 aliphatic carbocycles. The topological polar surface area (TPSA) is 57.0 Å². The molecule has 0 unspecified atom stereocenters. The molecule has 0 amide bonds. The van der Waals surface area contributed by atoms with E-state index in [1.807, 2.05) is 0 Å². The fourth-order valence-corrected chi connectivity index (χ4v) is 3.19. The molecule has 0 atom stereocenters. The van der Waals surface area contributed by atoms with E-state index in [4.69, 9.17) is 10.3 Å². The second kappa shape index (κ2) is 4.63. The average molecular weight is 291 g/mol. The third kappa shape index (κ3) is 1.73. The van der Waals surface area contributed by atoms with Gasteiger partial charge in [0.2, 0.25) is 5.88 Å². The third-order valence-electron chi connectivity index (χ3n) is 4.14. The van der Waals surface area contributed by atoms with Crippen LogP contribution in [0.15, 0.2) is 53.2 Å². The number of nitrogens with zero attached hydrogens (tertiary/aromatic N) is 2. The summed E-state index contributed by atoms with van der Waals surface area (Å²) in [5.41, 5.74) is 10.2. The van der Waals surface area contributed by atoms with Crippen LogP contribution in [0.3, 0.4) is 0 Å². The molecular formula is C18H17N3O. The number of anilines is 1. The van der Waals surface area contributed by atoms with Crippen molar-refractivity contribution in [2.75, 3.05) is 5.73 Å². The van der Waals surface area contributed by atoms with Crippen molar-refractivity contribution < 1.29 is 4.52 Å². The zero-order chi connectivity index (χ0) is 15.3. The van der Waals surface area contributed by atoms with E-state index in [1.165, 1.54) is 21.8 Å². The summed E-state index contributed by atoms with van der Waals surface area (Å²) in [4.78, 5) is 0. The second-order valence-corrected chi connectivity index (χ2v) is 5.82. The molecule has 4 rings (SSSR count). The maximum absolute atomic E-state index is 5.85. The van der Waals surface area contributed by atoms with E-state index in [0.29, 0.717) is 11.9 Å². The number of para-hydroxylation sites is 1. The Morgan fingerprint density at radius 2 is 1.82 bits per heavy atom. The molecule has 22 heavy (non-hydrogen) atoms. The highest BCUT2D eigenvalue weighted by molar-refractivity contribution is 6.09. The van der Waals surface area contributed by atoms with E-state index in [9.17, 15) is 0 Å². The molecule has 110 valence electrons. The second-order valence-electron chi connectivity index (χ2n) is 5.82. The summed E-state index contributed by atoms with van der Waals surface area (Å²) in [5.74, 6) is 0.354. The van der Waals surface area contributed by atoms with Gasteiger partial charge < -0.3 is 14.8 Å². The standard InChI is InChI=1S/C18H17N3O/c1-11(2)21-16-6-4-3-5-13(16)14-9-12(7-8-17(14)21)15-10-20-22-18(15)19/h3-11H,19H2,1-2H3. The van der Waals surface area contributed by atoms with Gasteiger partial charge in [0.1, 0.15) is 0 Å². The van der Waals surface area contributed by atoms with Crippen molar-refractivity contribution in [3.8, 4) is 11.1 Å². The van der Waals surface area contributed by atoms with Crippen LogP contribution < -0.4 is 5.73 Å². The van der Waals surface area contributed by atoms with E-state index in [0.717, 1.165) is 11.1 Å². The Labute approximate surface area is 128 Å². The average Bonchev–Trinajstić information content (AvgIpc) is 3.07. The van der Waals surface area contributed by atoms with Crippen LogP contribution in [0.4, 0.5) is 5.88 Å². The smallest absolute Gasteiger partial charge is 0.229 e. The van der Waals surface area contributed by atoms with Gasteiger partial charge in [-0.25, -0.2) is 0 Å². The van der Waals surface area contributed by atoms with Crippen LogP contribution in [0.5, 0.6) is 0 Å². The number of benzene rings is 2. The Hall–Kier alpha value is -2.75. The maximum atomic E-state index is 5.85. The molecule has 4 nitrogen and oxygen atoms in total. The van der Waals surface area contributed by atoms with Crippen molar-refractivity contribution in [1.82, 2.24) is 9.72 Å². The van der Waals surface area contributed by atoms with E-state index in [2.05, 4.69) is 66.0 Å². The molecule has 0 saturated heterocycles. The summed E-state index contributed by atoms with van der Waals surface area (Å²) in [6, 6.07) is 15.3. The Balaban J connectivity index is 2.09. The predicted molar refractivity (Wildman–Crippen MR) is 89.7 cm³/mol. The fourth-order valence-electron chi connectivity index (χ4n) is 3.19. The number of fused-ring (bicyclic) bond motifs is 3. The van der Waals surface area contributed by atoms with E-state index in [1.54, 1.807) is 6.20 Å². The molecule has 0 fully saturated rings. The molecule has 4 aromatic rings. The van der Waals surface area contributed by atoms with Gasteiger partial charge >= 0.3 is 0 Å². The van der Waals surface area contributed by atoms with Crippen molar-refractivity contribution >= 4 is 27.7 Å². The summed E-state index contributed by atoms with van der Waals surface area (Å²) in [6.07, 6.45) is 1.66. The van der Waals surface area contributed by atoms with Crippen LogP contribution >= 0.6 is 0 Å². The number of hydrogen-bond donors (Lipinski definition) is 1. The van der Waals surface area contributed by atoms with Crippen LogP contribution in [0.1, 0.15) is 19.9 Å². The first-order valence-corrected chi connectivity index (χ1v) is 7.40. The lowest BCUT2D eigenvalue weighted by atomic mass is 10.1. The molecule has 0 bridgehead atoms. The maximum Gasteiger partial charge on any atom is 0.229 e. The molecule has 2 aromatic carbocycles. The number of nitrogen functional groups attached to an aromatic ring is 1. The van der Waals surface area contributed by atoms with Gasteiger partial charge in [-0.2, -0.15) is 0 Å². The predicted octanol–water partition coefficient (Wildman–Crippen LogP) is 4.61. The first kappa shape index (κ1) is 13.0. The first-order valence-electron chi connectivity index (χ1n) is 7.40. The van der Waals surface area contributed by atoms with Crippen molar-refractivity contribution in [3.63, 3.8) is 0 Å². The first-order chi connectivity index (χ1) is 10.7. The van der Waals surface area contributed by atoms with Crippen molar-refractivity contribution in [2.45, 2.75) is 19.9 Å². The van der Waals surface area contributed by atoms with Crippen molar-refractivity contribution in [3.05, 3.63) is 48.7 Å². The molecule has 2 N–H and O–H groups in total. The minimum atomic E-state index is 0.354. The molecule has 2 heterocycles. The largest absolute Gasteiger partial charge is 0.367 e. The third-order valence-corrected chi connectivity index (χ3v) is 4.14. The Bertz CT molecular complexity index is 979. The van der Waals surface area contributed by atoms with Gasteiger partial charge in [-0.3, -0.25) is 0 Å². The Kier molecular flexibility index (Phi) is 2.73. The lowest BCUT2D eigenvalue weighted by molar-refractivity contribution is 0.436. The highest BCUT2D eigenvalue weighted by Crippen LogP contribution is 2.35. The summed E-state index contributed by atoms with van der Waals surface area (Å²) in [6.45, 7) is 4.41. The minimum Gasteiger partial charge on any atom is -0.367 e. The number of aromatic nitrogens is 2. The SMILES string of the molecule is CC(C)n1c2ccccc2c2cc(-c3cnoc3N)ccc21. The van der Waals surface area contributed by atoms with Gasteiger partial charge in [-0.1, -0.05) is 29.4 Å². The lowest BCUT2D eigenvalue weighted by Crippen LogP contribution is -1.99. The van der Waals surface area contributed by atoms with E-state index in [-0.39, 0.29) is 0 Å². The summed E-state index contributed by atoms with van der Waals surface area (Å²) >= 11 is 0. The molecule has 0 spiro atoms. The molecule has 0 aliphatic rings. The minimum absolute atomic E-state index is 0.354. The number of rotatable bonds is 2. The monoisotopic (exact) mass is 291 g/mol. The molecule has 4 heteroatoms. The quantitative estimate of drug-likeness (QED) is 0.586. The molecule has 0 radical (unpaired) electrons. The van der Waals surface area contributed by atoms with Crippen LogP contribution in [0.25, 0.3) is 32.9 Å². The number of nitrogens with two attached hydrogens (primary N) is 1. The Morgan fingerprint density at radius 3 is 2.55 bits per heavy atom. The molecular weight excluding hydrogens is 274 g/mol. The van der Waals surface area contributed by atoms with Gasteiger partial charge in [-0.15, -0.1) is 0 Å². The number of hydrogen-bond acceptors (Lipinski definition) is 3. The highest BCUT2D eigenvalue weighted by atomic mass is 16.5.